The second kappa shape index (κ2) is 7.97. The van der Waals surface area contributed by atoms with Gasteiger partial charge in [-0.05, 0) is 25.0 Å². The van der Waals surface area contributed by atoms with Crippen molar-refractivity contribution in [3.05, 3.63) is 52.4 Å². The lowest BCUT2D eigenvalue weighted by atomic mass is 10.0. The smallest absolute Gasteiger partial charge is 0.329 e. The lowest BCUT2D eigenvalue weighted by Crippen LogP contribution is -2.45. The molecule has 0 aliphatic heterocycles. The summed E-state index contributed by atoms with van der Waals surface area (Å²) >= 11 is 6.01. The minimum atomic E-state index is -0.790. The number of nitrogens with zero attached hydrogens (tertiary/aromatic N) is 1. The number of rotatable bonds is 6. The van der Waals surface area contributed by atoms with E-state index in [1.807, 2.05) is 13.8 Å². The molecule has 0 saturated carbocycles. The van der Waals surface area contributed by atoms with E-state index in [1.54, 1.807) is 37.3 Å². The fourth-order valence-electron chi connectivity index (χ4n) is 2.08. The Balaban J connectivity index is 2.01. The highest BCUT2D eigenvalue weighted by molar-refractivity contribution is 6.33. The highest BCUT2D eigenvalue weighted by atomic mass is 35.5. The molecule has 0 saturated heterocycles. The number of carbonyl (C=O) groups is 2. The lowest BCUT2D eigenvalue weighted by Gasteiger charge is -2.20. The van der Waals surface area contributed by atoms with E-state index in [2.05, 4.69) is 10.5 Å². The van der Waals surface area contributed by atoms with Gasteiger partial charge < -0.3 is 14.6 Å². The highest BCUT2D eigenvalue weighted by Crippen LogP contribution is 2.16. The summed E-state index contributed by atoms with van der Waals surface area (Å²) in [6.07, 6.45) is 0. The Kier molecular flexibility index (Phi) is 5.98. The number of amides is 1. The Bertz CT molecular complexity index is 727. The van der Waals surface area contributed by atoms with Gasteiger partial charge in [0.1, 0.15) is 24.1 Å². The molecule has 2 rings (SSSR count). The summed E-state index contributed by atoms with van der Waals surface area (Å²) in [4.78, 5) is 24.6. The van der Waals surface area contributed by atoms with Crippen LogP contribution in [0.5, 0.6) is 0 Å². The fraction of sp³-hybridized carbons (Fsp3) is 0.353. The molecule has 0 radical (unpaired) electrons. The molecule has 0 aliphatic rings. The summed E-state index contributed by atoms with van der Waals surface area (Å²) in [7, 11) is 0. The Hall–Kier alpha value is -2.34. The average molecular weight is 351 g/mol. The number of halogens is 1. The third kappa shape index (κ3) is 4.58. The first-order chi connectivity index (χ1) is 11.4. The van der Waals surface area contributed by atoms with Crippen LogP contribution in [0.2, 0.25) is 5.02 Å². The Labute approximate surface area is 145 Å². The van der Waals surface area contributed by atoms with Gasteiger partial charge in [0.25, 0.3) is 5.91 Å². The van der Waals surface area contributed by atoms with Gasteiger partial charge in [0.2, 0.25) is 0 Å². The molecule has 1 aromatic carbocycles. The molecule has 1 atom stereocenters. The van der Waals surface area contributed by atoms with Gasteiger partial charge in [-0.1, -0.05) is 42.7 Å². The second-order valence-electron chi connectivity index (χ2n) is 5.71. The van der Waals surface area contributed by atoms with Crippen molar-refractivity contribution in [1.82, 2.24) is 10.5 Å². The summed E-state index contributed by atoms with van der Waals surface area (Å²) in [6.45, 7) is 5.37. The van der Waals surface area contributed by atoms with Gasteiger partial charge in [-0.2, -0.15) is 0 Å². The van der Waals surface area contributed by atoms with E-state index in [-0.39, 0.29) is 12.5 Å². The van der Waals surface area contributed by atoms with Crippen molar-refractivity contribution < 1.29 is 18.8 Å². The quantitative estimate of drug-likeness (QED) is 0.809. The zero-order valence-corrected chi connectivity index (χ0v) is 14.5. The number of hydrogen-bond donors (Lipinski definition) is 1. The molecule has 128 valence electrons. The van der Waals surface area contributed by atoms with Crippen LogP contribution < -0.4 is 5.32 Å². The van der Waals surface area contributed by atoms with E-state index in [9.17, 15) is 9.59 Å². The van der Waals surface area contributed by atoms with Crippen LogP contribution in [0.25, 0.3) is 0 Å². The second-order valence-corrected chi connectivity index (χ2v) is 6.12. The lowest BCUT2D eigenvalue weighted by molar-refractivity contribution is -0.148. The Morgan fingerprint density at radius 2 is 2.04 bits per heavy atom. The van der Waals surface area contributed by atoms with E-state index in [0.717, 1.165) is 0 Å². The van der Waals surface area contributed by atoms with Gasteiger partial charge in [0, 0.05) is 6.07 Å². The van der Waals surface area contributed by atoms with E-state index in [0.29, 0.717) is 22.0 Å². The van der Waals surface area contributed by atoms with Gasteiger partial charge >= 0.3 is 5.97 Å². The van der Waals surface area contributed by atoms with Crippen molar-refractivity contribution in [3.8, 4) is 0 Å². The van der Waals surface area contributed by atoms with Crippen LogP contribution >= 0.6 is 11.6 Å². The van der Waals surface area contributed by atoms with Crippen LogP contribution in [0, 0.1) is 12.8 Å². The number of benzene rings is 1. The van der Waals surface area contributed by atoms with Gasteiger partial charge in [-0.25, -0.2) is 4.79 Å². The normalized spacial score (nSPS) is 12.0. The van der Waals surface area contributed by atoms with Crippen molar-refractivity contribution in [2.75, 3.05) is 0 Å². The summed E-state index contributed by atoms with van der Waals surface area (Å²) < 4.78 is 10.1. The zero-order valence-electron chi connectivity index (χ0n) is 13.7. The van der Waals surface area contributed by atoms with Crippen molar-refractivity contribution in [2.45, 2.75) is 33.4 Å². The largest absolute Gasteiger partial charge is 0.458 e. The first-order valence-electron chi connectivity index (χ1n) is 7.52. The molecular formula is C17H19ClN2O4. The molecule has 0 aliphatic carbocycles. The molecule has 1 unspecified atom stereocenters. The minimum absolute atomic E-state index is 0.0125. The fourth-order valence-corrected chi connectivity index (χ4v) is 2.30. The molecule has 1 N–H and O–H groups in total. The van der Waals surface area contributed by atoms with Crippen LogP contribution in [0.4, 0.5) is 0 Å². The van der Waals surface area contributed by atoms with E-state index >= 15 is 0 Å². The van der Waals surface area contributed by atoms with E-state index < -0.39 is 17.9 Å². The van der Waals surface area contributed by atoms with E-state index in [1.165, 1.54) is 0 Å². The zero-order chi connectivity index (χ0) is 17.7. The predicted octanol–water partition coefficient (Wildman–Crippen LogP) is 3.13. The summed E-state index contributed by atoms with van der Waals surface area (Å²) in [5.41, 5.74) is 0.825. The standard InChI is InChI=1S/C17H19ClN2O4/c1-10(2)15(17(22)23-9-12-8-11(3)24-20-12)19-16(21)13-6-4-5-7-14(13)18/h4-8,10,15H,9H2,1-3H3,(H,19,21). The topological polar surface area (TPSA) is 81.4 Å². The van der Waals surface area contributed by atoms with Crippen LogP contribution in [0.3, 0.4) is 0 Å². The summed E-state index contributed by atoms with van der Waals surface area (Å²) in [6, 6.07) is 7.54. The van der Waals surface area contributed by atoms with Crippen molar-refractivity contribution in [2.24, 2.45) is 5.92 Å². The molecule has 6 nitrogen and oxygen atoms in total. The molecule has 2 aromatic rings. The molecule has 24 heavy (non-hydrogen) atoms. The van der Waals surface area contributed by atoms with Gasteiger partial charge in [0.05, 0.1) is 10.6 Å². The summed E-state index contributed by atoms with van der Waals surface area (Å²) in [5, 5.41) is 6.75. The molecule has 7 heteroatoms. The maximum atomic E-state index is 12.3. The molecule has 1 heterocycles. The number of esters is 1. The molecular weight excluding hydrogens is 332 g/mol. The van der Waals surface area contributed by atoms with Crippen LogP contribution in [-0.2, 0) is 16.1 Å². The van der Waals surface area contributed by atoms with Crippen molar-refractivity contribution >= 4 is 23.5 Å². The van der Waals surface area contributed by atoms with Crippen LogP contribution in [0.1, 0.15) is 35.7 Å². The number of hydrogen-bond acceptors (Lipinski definition) is 5. The summed E-state index contributed by atoms with van der Waals surface area (Å²) in [5.74, 6) is -0.476. The minimum Gasteiger partial charge on any atom is -0.458 e. The van der Waals surface area contributed by atoms with Crippen LogP contribution in [-0.4, -0.2) is 23.1 Å². The number of carbonyl (C=O) groups excluding carboxylic acids is 2. The Morgan fingerprint density at radius 3 is 2.62 bits per heavy atom. The third-order valence-electron chi connectivity index (χ3n) is 3.36. The van der Waals surface area contributed by atoms with Gasteiger partial charge in [0.15, 0.2) is 0 Å². The van der Waals surface area contributed by atoms with Crippen molar-refractivity contribution in [3.63, 3.8) is 0 Å². The number of aryl methyl sites for hydroxylation is 1. The van der Waals surface area contributed by atoms with E-state index in [4.69, 9.17) is 20.9 Å². The first kappa shape index (κ1) is 18.0. The van der Waals surface area contributed by atoms with Gasteiger partial charge in [-0.15, -0.1) is 0 Å². The number of aromatic nitrogens is 1. The van der Waals surface area contributed by atoms with Crippen molar-refractivity contribution in [1.29, 1.82) is 0 Å². The Morgan fingerprint density at radius 1 is 1.33 bits per heavy atom. The third-order valence-corrected chi connectivity index (χ3v) is 3.69. The maximum absolute atomic E-state index is 12.3. The maximum Gasteiger partial charge on any atom is 0.329 e. The number of nitrogens with one attached hydrogen (secondary N) is 1. The SMILES string of the molecule is Cc1cc(COC(=O)C(NC(=O)c2ccccc2Cl)C(C)C)no1. The molecule has 1 aromatic heterocycles. The monoisotopic (exact) mass is 350 g/mol. The van der Waals surface area contributed by atoms with Gasteiger partial charge in [-0.3, -0.25) is 4.79 Å². The first-order valence-corrected chi connectivity index (χ1v) is 7.90. The van der Waals surface area contributed by atoms with Crippen LogP contribution in [0.15, 0.2) is 34.9 Å². The molecule has 1 amide bonds. The molecule has 0 spiro atoms. The average Bonchev–Trinajstić information content (AvgIpc) is 2.95. The molecule has 0 fully saturated rings. The predicted molar refractivity (Wildman–Crippen MR) is 88.6 cm³/mol. The highest BCUT2D eigenvalue weighted by Gasteiger charge is 2.27. The number of ether oxygens (including phenoxy) is 1. The molecule has 0 bridgehead atoms.